The second kappa shape index (κ2) is 14.6. The van der Waals surface area contributed by atoms with E-state index in [1.807, 2.05) is 12.1 Å². The maximum absolute atomic E-state index is 6.58. The van der Waals surface area contributed by atoms with E-state index in [-0.39, 0.29) is 0 Å². The number of fused-ring (bicyclic) bond motifs is 9. The Balaban J connectivity index is 1.02. The van der Waals surface area contributed by atoms with E-state index < -0.39 is 0 Å². The number of anilines is 3. The summed E-state index contributed by atoms with van der Waals surface area (Å²) in [6, 6.07) is 71.2. The molecule has 302 valence electrons. The molecule has 1 aliphatic carbocycles. The zero-order valence-electron chi connectivity index (χ0n) is 34.8. The molecule has 0 saturated carbocycles. The highest BCUT2D eigenvalue weighted by molar-refractivity contribution is 6.20. The third-order valence-electron chi connectivity index (χ3n) is 12.9. The predicted molar refractivity (Wildman–Crippen MR) is 265 cm³/mol. The molecule has 0 fully saturated rings. The van der Waals surface area contributed by atoms with E-state index in [1.54, 1.807) is 0 Å². The molecule has 0 unspecified atom stereocenters. The molecule has 0 atom stereocenters. The quantitative estimate of drug-likeness (QED) is 0.161. The zero-order valence-corrected chi connectivity index (χ0v) is 34.8. The first kappa shape index (κ1) is 36.3. The van der Waals surface area contributed by atoms with E-state index in [0.29, 0.717) is 0 Å². The predicted octanol–water partition coefficient (Wildman–Crippen LogP) is 15.7. The molecule has 0 amide bonds. The summed E-state index contributed by atoms with van der Waals surface area (Å²) < 4.78 is 19.6. The number of rotatable bonds is 7. The topological polar surface area (TPSA) is 42.7 Å². The van der Waals surface area contributed by atoms with E-state index in [0.717, 1.165) is 124 Å². The van der Waals surface area contributed by atoms with Crippen molar-refractivity contribution in [1.82, 2.24) is 0 Å². The number of benzene rings is 9. The van der Waals surface area contributed by atoms with Crippen LogP contribution in [0.25, 0.3) is 112 Å². The minimum atomic E-state index is 0.851. The SMILES string of the molecule is C1=c2oc3cc(N(c4ccc(-c5ccccc5)cc4)c4ccc(-c5c(-c6ccc7oc8ccccc8c7c6-c6ccccc6)ccc6oc7ccccc7c56)cc4)ccc3c2=CCC1. The lowest BCUT2D eigenvalue weighted by atomic mass is 9.85. The second-order valence-electron chi connectivity index (χ2n) is 16.6. The molecule has 4 nitrogen and oxygen atoms in total. The van der Waals surface area contributed by atoms with Gasteiger partial charge in [0.25, 0.3) is 0 Å². The summed E-state index contributed by atoms with van der Waals surface area (Å²) in [7, 11) is 0. The van der Waals surface area contributed by atoms with Crippen LogP contribution in [-0.2, 0) is 0 Å². The largest absolute Gasteiger partial charge is 0.456 e. The van der Waals surface area contributed by atoms with Crippen LogP contribution < -0.4 is 15.5 Å². The number of nitrogens with zero attached hydrogens (tertiary/aromatic N) is 1. The van der Waals surface area contributed by atoms with Crippen LogP contribution in [0.15, 0.2) is 213 Å². The smallest absolute Gasteiger partial charge is 0.137 e. The lowest BCUT2D eigenvalue weighted by molar-refractivity contribution is 0.572. The van der Waals surface area contributed by atoms with E-state index in [9.17, 15) is 0 Å². The number of hydrogen-bond acceptors (Lipinski definition) is 4. The lowest BCUT2D eigenvalue weighted by Crippen LogP contribution is -2.21. The Morgan fingerprint density at radius 2 is 0.812 bits per heavy atom. The normalized spacial score (nSPS) is 12.5. The minimum absolute atomic E-state index is 0.851. The van der Waals surface area contributed by atoms with Crippen molar-refractivity contribution in [2.75, 3.05) is 4.90 Å². The summed E-state index contributed by atoms with van der Waals surface area (Å²) in [6.45, 7) is 0. The maximum Gasteiger partial charge on any atom is 0.137 e. The fourth-order valence-corrected chi connectivity index (χ4v) is 10.0. The third-order valence-corrected chi connectivity index (χ3v) is 12.9. The van der Waals surface area contributed by atoms with Crippen LogP contribution in [0.3, 0.4) is 0 Å². The average Bonchev–Trinajstić information content (AvgIpc) is 4.06. The van der Waals surface area contributed by atoms with Gasteiger partial charge in [-0.05, 0) is 125 Å². The fourth-order valence-electron chi connectivity index (χ4n) is 10.0. The molecular weight excluding hydrogens is 783 g/mol. The molecular formula is C60H39NO3. The third kappa shape index (κ3) is 5.84. The Morgan fingerprint density at radius 1 is 0.328 bits per heavy atom. The van der Waals surface area contributed by atoms with Crippen molar-refractivity contribution in [1.29, 1.82) is 0 Å². The monoisotopic (exact) mass is 821 g/mol. The van der Waals surface area contributed by atoms with Gasteiger partial charge in [0, 0.05) is 66.4 Å². The van der Waals surface area contributed by atoms with Gasteiger partial charge in [-0.2, -0.15) is 0 Å². The lowest BCUT2D eigenvalue weighted by Gasteiger charge is -2.26. The molecule has 0 saturated heterocycles. The van der Waals surface area contributed by atoms with Crippen LogP contribution in [-0.4, -0.2) is 0 Å². The molecule has 1 aliphatic rings. The van der Waals surface area contributed by atoms with Crippen LogP contribution in [0.1, 0.15) is 12.8 Å². The molecule has 0 bridgehead atoms. The van der Waals surface area contributed by atoms with Crippen LogP contribution in [0.4, 0.5) is 17.1 Å². The van der Waals surface area contributed by atoms with Crippen molar-refractivity contribution in [3.63, 3.8) is 0 Å². The Hall–Kier alpha value is -8.34. The van der Waals surface area contributed by atoms with Gasteiger partial charge >= 0.3 is 0 Å². The van der Waals surface area contributed by atoms with Gasteiger partial charge in [-0.25, -0.2) is 0 Å². The molecule has 0 spiro atoms. The summed E-state index contributed by atoms with van der Waals surface area (Å²) >= 11 is 0. The van der Waals surface area contributed by atoms with Gasteiger partial charge in [0.2, 0.25) is 0 Å². The van der Waals surface area contributed by atoms with Crippen molar-refractivity contribution < 1.29 is 13.3 Å². The zero-order chi connectivity index (χ0) is 42.1. The van der Waals surface area contributed by atoms with Crippen molar-refractivity contribution in [2.24, 2.45) is 0 Å². The summed E-state index contributed by atoms with van der Waals surface area (Å²) in [5.41, 5.74) is 17.5. The van der Waals surface area contributed by atoms with Gasteiger partial charge in [-0.1, -0.05) is 127 Å². The Morgan fingerprint density at radius 3 is 1.42 bits per heavy atom. The summed E-state index contributed by atoms with van der Waals surface area (Å²) in [6.07, 6.45) is 6.54. The first-order chi connectivity index (χ1) is 31.7. The van der Waals surface area contributed by atoms with Gasteiger partial charge in [0.15, 0.2) is 0 Å². The molecule has 3 aromatic heterocycles. The number of hydrogen-bond donors (Lipinski definition) is 0. The molecule has 0 N–H and O–H groups in total. The fraction of sp³-hybridized carbons (Fsp3) is 0.0333. The molecule has 4 heteroatoms. The first-order valence-electron chi connectivity index (χ1n) is 22.0. The van der Waals surface area contributed by atoms with E-state index in [1.165, 1.54) is 16.3 Å². The Labute approximate surface area is 368 Å². The molecule has 0 aliphatic heterocycles. The molecule has 9 aromatic carbocycles. The van der Waals surface area contributed by atoms with Crippen LogP contribution >= 0.6 is 0 Å². The highest BCUT2D eigenvalue weighted by Gasteiger charge is 2.24. The highest BCUT2D eigenvalue weighted by atomic mass is 16.3. The van der Waals surface area contributed by atoms with Gasteiger partial charge in [-0.3, -0.25) is 0 Å². The average molecular weight is 822 g/mol. The molecule has 0 radical (unpaired) electrons. The minimum Gasteiger partial charge on any atom is -0.456 e. The van der Waals surface area contributed by atoms with Crippen molar-refractivity contribution in [2.45, 2.75) is 12.8 Å². The van der Waals surface area contributed by atoms with Gasteiger partial charge < -0.3 is 18.2 Å². The number of para-hydroxylation sites is 2. The van der Waals surface area contributed by atoms with Crippen LogP contribution in [0.2, 0.25) is 0 Å². The van der Waals surface area contributed by atoms with Gasteiger partial charge in [0.1, 0.15) is 33.3 Å². The summed E-state index contributed by atoms with van der Waals surface area (Å²) in [5, 5.41) is 6.72. The van der Waals surface area contributed by atoms with E-state index in [2.05, 4.69) is 205 Å². The summed E-state index contributed by atoms with van der Waals surface area (Å²) in [5.74, 6) is 0. The van der Waals surface area contributed by atoms with Gasteiger partial charge in [-0.15, -0.1) is 0 Å². The van der Waals surface area contributed by atoms with Crippen molar-refractivity contribution >= 4 is 84.1 Å². The van der Waals surface area contributed by atoms with Crippen molar-refractivity contribution in [3.8, 4) is 44.5 Å². The molecule has 13 rings (SSSR count). The Bertz CT molecular complexity index is 3870. The van der Waals surface area contributed by atoms with Crippen LogP contribution in [0.5, 0.6) is 0 Å². The Kier molecular flexibility index (Phi) is 8.31. The first-order valence-corrected chi connectivity index (χ1v) is 22.0. The molecule has 3 heterocycles. The maximum atomic E-state index is 6.58. The van der Waals surface area contributed by atoms with E-state index in [4.69, 9.17) is 13.3 Å². The summed E-state index contributed by atoms with van der Waals surface area (Å²) in [4.78, 5) is 2.33. The molecule has 12 aromatic rings. The molecule has 64 heavy (non-hydrogen) atoms. The van der Waals surface area contributed by atoms with E-state index >= 15 is 0 Å². The number of furan rings is 3. The highest BCUT2D eigenvalue weighted by Crippen LogP contribution is 2.49. The standard InChI is InChI=1S/C60H39NO3/c1-3-13-38(14-4-1)39-23-27-42(28-24-39)61(44-31-32-46-45-17-7-10-20-51(45)64-56(46)37-44)43-29-25-41(26-30-43)58-48(34-36-55-60(58)50-19-9-12-22-53(50)63-55)47-33-35-54-59(49-18-8-11-21-52(49)62-54)57(47)40-15-5-2-6-16-40/h1-6,8-9,11-37H,7,10H2. The second-order valence-corrected chi connectivity index (χ2v) is 16.6. The van der Waals surface area contributed by atoms with Gasteiger partial charge in [0.05, 0.1) is 0 Å². The van der Waals surface area contributed by atoms with Crippen molar-refractivity contribution in [3.05, 3.63) is 211 Å². The van der Waals surface area contributed by atoms with Crippen LogP contribution in [0, 0.1) is 0 Å².